The zero-order valence-electron chi connectivity index (χ0n) is 10.8. The minimum Gasteiger partial charge on any atom is -0.403 e. The Hall–Kier alpha value is -2.37. The molecule has 0 bridgehead atoms. The van der Waals surface area contributed by atoms with Gasteiger partial charge in [-0.1, -0.05) is 13.0 Å². The van der Waals surface area contributed by atoms with E-state index in [0.29, 0.717) is 12.2 Å². The predicted octanol–water partition coefficient (Wildman–Crippen LogP) is 1.50. The van der Waals surface area contributed by atoms with E-state index in [0.717, 1.165) is 12.0 Å². The number of hydrogen-bond acceptors (Lipinski definition) is 4. The summed E-state index contributed by atoms with van der Waals surface area (Å²) in [5.41, 5.74) is 1.03. The number of pyridine rings is 1. The van der Waals surface area contributed by atoms with Crippen LogP contribution in [0.2, 0.25) is 0 Å². The minimum absolute atomic E-state index is 0.0864. The first-order valence-corrected chi connectivity index (χ1v) is 6.05. The molecule has 0 atom stereocenters. The Morgan fingerprint density at radius 1 is 1.47 bits per heavy atom. The zero-order chi connectivity index (χ0) is 13.8. The molecule has 19 heavy (non-hydrogen) atoms. The highest BCUT2D eigenvalue weighted by atomic mass is 16.6. The Kier molecular flexibility index (Phi) is 3.79. The molecule has 0 aliphatic heterocycles. The molecular weight excluding hydrogens is 246 g/mol. The molecule has 6 nitrogen and oxygen atoms in total. The SMILES string of the molecule is CCCNC(=O)Oc1cnc2ccc(C)cn2c1=O. The van der Waals surface area contributed by atoms with E-state index in [-0.39, 0.29) is 5.75 Å². The van der Waals surface area contributed by atoms with Gasteiger partial charge in [0.15, 0.2) is 0 Å². The number of aromatic nitrogens is 2. The maximum absolute atomic E-state index is 12.1. The molecule has 0 fully saturated rings. The summed E-state index contributed by atoms with van der Waals surface area (Å²) in [5.74, 6) is -0.0864. The van der Waals surface area contributed by atoms with E-state index >= 15 is 0 Å². The Morgan fingerprint density at radius 2 is 2.26 bits per heavy atom. The summed E-state index contributed by atoms with van der Waals surface area (Å²) < 4.78 is 6.31. The highest BCUT2D eigenvalue weighted by Gasteiger charge is 2.10. The van der Waals surface area contributed by atoms with E-state index in [9.17, 15) is 9.59 Å². The van der Waals surface area contributed by atoms with E-state index in [1.165, 1.54) is 10.6 Å². The van der Waals surface area contributed by atoms with Gasteiger partial charge in [0.25, 0.3) is 0 Å². The molecule has 6 heteroatoms. The lowest BCUT2D eigenvalue weighted by Crippen LogP contribution is -2.30. The fraction of sp³-hybridized carbons (Fsp3) is 0.308. The second-order valence-corrected chi connectivity index (χ2v) is 4.18. The van der Waals surface area contributed by atoms with E-state index < -0.39 is 11.7 Å². The van der Waals surface area contributed by atoms with Crippen LogP contribution < -0.4 is 15.6 Å². The second-order valence-electron chi connectivity index (χ2n) is 4.18. The minimum atomic E-state index is -0.645. The van der Waals surface area contributed by atoms with Gasteiger partial charge in [-0.25, -0.2) is 9.78 Å². The first kappa shape index (κ1) is 13.1. The number of carbonyl (C=O) groups excluding carboxylic acids is 1. The van der Waals surface area contributed by atoms with Gasteiger partial charge in [-0.05, 0) is 25.0 Å². The van der Waals surface area contributed by atoms with Crippen molar-refractivity contribution in [2.75, 3.05) is 6.54 Å². The van der Waals surface area contributed by atoms with Gasteiger partial charge in [-0.15, -0.1) is 0 Å². The van der Waals surface area contributed by atoms with Gasteiger partial charge in [0, 0.05) is 12.7 Å². The first-order chi connectivity index (χ1) is 9.11. The normalized spacial score (nSPS) is 10.4. The maximum Gasteiger partial charge on any atom is 0.412 e. The van der Waals surface area contributed by atoms with Gasteiger partial charge in [-0.3, -0.25) is 9.20 Å². The zero-order valence-corrected chi connectivity index (χ0v) is 10.8. The summed E-state index contributed by atoms with van der Waals surface area (Å²) in [6.07, 6.45) is 3.07. The quantitative estimate of drug-likeness (QED) is 0.908. The standard InChI is InChI=1S/C13H15N3O3/c1-3-6-14-13(18)19-10-7-15-11-5-4-9(2)8-16(11)12(10)17/h4-5,7-8H,3,6H2,1-2H3,(H,14,18). The average Bonchev–Trinajstić information content (AvgIpc) is 2.40. The number of ether oxygens (including phenoxy) is 1. The summed E-state index contributed by atoms with van der Waals surface area (Å²) in [7, 11) is 0. The van der Waals surface area contributed by atoms with E-state index in [4.69, 9.17) is 4.74 Å². The molecule has 0 radical (unpaired) electrons. The molecule has 0 saturated heterocycles. The molecule has 0 aromatic carbocycles. The van der Waals surface area contributed by atoms with Crippen LogP contribution in [0.4, 0.5) is 4.79 Å². The lowest BCUT2D eigenvalue weighted by atomic mass is 10.3. The van der Waals surface area contributed by atoms with Crippen molar-refractivity contribution in [3.8, 4) is 5.75 Å². The van der Waals surface area contributed by atoms with Gasteiger partial charge in [-0.2, -0.15) is 0 Å². The smallest absolute Gasteiger partial charge is 0.403 e. The number of nitrogens with zero attached hydrogens (tertiary/aromatic N) is 2. The number of rotatable bonds is 3. The molecule has 2 aromatic heterocycles. The Bertz CT molecular complexity index is 664. The monoisotopic (exact) mass is 261 g/mol. The Morgan fingerprint density at radius 3 is 3.00 bits per heavy atom. The molecule has 0 spiro atoms. The molecule has 2 aromatic rings. The van der Waals surface area contributed by atoms with Crippen molar-refractivity contribution in [2.24, 2.45) is 0 Å². The second kappa shape index (κ2) is 5.51. The molecule has 1 N–H and O–H groups in total. The van der Waals surface area contributed by atoms with Crippen LogP contribution in [-0.2, 0) is 0 Å². The average molecular weight is 261 g/mol. The van der Waals surface area contributed by atoms with Crippen LogP contribution in [0.5, 0.6) is 5.75 Å². The van der Waals surface area contributed by atoms with E-state index in [2.05, 4.69) is 10.3 Å². The lowest BCUT2D eigenvalue weighted by molar-refractivity contribution is 0.199. The van der Waals surface area contributed by atoms with Crippen molar-refractivity contribution < 1.29 is 9.53 Å². The van der Waals surface area contributed by atoms with Crippen LogP contribution in [0, 0.1) is 6.92 Å². The highest BCUT2D eigenvalue weighted by Crippen LogP contribution is 2.06. The van der Waals surface area contributed by atoms with Crippen LogP contribution in [0.1, 0.15) is 18.9 Å². The van der Waals surface area contributed by atoms with Crippen LogP contribution in [-0.4, -0.2) is 22.0 Å². The molecule has 2 rings (SSSR count). The van der Waals surface area contributed by atoms with Crippen LogP contribution in [0.25, 0.3) is 5.65 Å². The largest absolute Gasteiger partial charge is 0.412 e. The molecule has 0 aliphatic carbocycles. The maximum atomic E-state index is 12.1. The fourth-order valence-corrected chi connectivity index (χ4v) is 1.60. The number of carbonyl (C=O) groups is 1. The highest BCUT2D eigenvalue weighted by molar-refractivity contribution is 5.70. The van der Waals surface area contributed by atoms with E-state index in [1.807, 2.05) is 19.9 Å². The molecule has 0 unspecified atom stereocenters. The fourth-order valence-electron chi connectivity index (χ4n) is 1.60. The summed E-state index contributed by atoms with van der Waals surface area (Å²) in [6, 6.07) is 3.59. The van der Waals surface area contributed by atoms with Gasteiger partial charge < -0.3 is 10.1 Å². The van der Waals surface area contributed by atoms with Crippen LogP contribution in [0.3, 0.4) is 0 Å². The number of nitrogens with one attached hydrogen (secondary N) is 1. The van der Waals surface area contributed by atoms with Crippen molar-refractivity contribution in [3.63, 3.8) is 0 Å². The summed E-state index contributed by atoms with van der Waals surface area (Å²) in [5, 5.41) is 2.53. The Balaban J connectivity index is 2.32. The van der Waals surface area contributed by atoms with Crippen molar-refractivity contribution in [1.29, 1.82) is 0 Å². The van der Waals surface area contributed by atoms with Gasteiger partial charge >= 0.3 is 11.7 Å². The topological polar surface area (TPSA) is 72.7 Å². The van der Waals surface area contributed by atoms with Crippen LogP contribution >= 0.6 is 0 Å². The third-order valence-corrected chi connectivity index (χ3v) is 2.54. The molecule has 0 aliphatic rings. The predicted molar refractivity (Wildman–Crippen MR) is 70.5 cm³/mol. The summed E-state index contributed by atoms with van der Waals surface area (Å²) >= 11 is 0. The van der Waals surface area contributed by atoms with Gasteiger partial charge in [0.05, 0.1) is 6.20 Å². The third-order valence-electron chi connectivity index (χ3n) is 2.54. The van der Waals surface area contributed by atoms with Crippen molar-refractivity contribution in [1.82, 2.24) is 14.7 Å². The molecule has 1 amide bonds. The van der Waals surface area contributed by atoms with E-state index in [1.54, 1.807) is 12.3 Å². The summed E-state index contributed by atoms with van der Waals surface area (Å²) in [4.78, 5) is 27.6. The number of hydrogen-bond donors (Lipinski definition) is 1. The molecule has 100 valence electrons. The number of aryl methyl sites for hydroxylation is 1. The summed E-state index contributed by atoms with van der Waals surface area (Å²) in [6.45, 7) is 4.29. The van der Waals surface area contributed by atoms with Crippen molar-refractivity contribution in [3.05, 3.63) is 40.4 Å². The molecular formula is C13H15N3O3. The van der Waals surface area contributed by atoms with Crippen molar-refractivity contribution >= 4 is 11.7 Å². The first-order valence-electron chi connectivity index (χ1n) is 6.05. The van der Waals surface area contributed by atoms with Gasteiger partial charge in [0.2, 0.25) is 5.75 Å². The van der Waals surface area contributed by atoms with Gasteiger partial charge in [0.1, 0.15) is 5.65 Å². The number of fused-ring (bicyclic) bond motifs is 1. The van der Waals surface area contributed by atoms with Crippen LogP contribution in [0.15, 0.2) is 29.3 Å². The Labute approximate surface area is 110 Å². The molecule has 2 heterocycles. The molecule has 0 saturated carbocycles. The lowest BCUT2D eigenvalue weighted by Gasteiger charge is -2.06. The number of amides is 1. The third kappa shape index (κ3) is 2.90. The van der Waals surface area contributed by atoms with Crippen molar-refractivity contribution in [2.45, 2.75) is 20.3 Å².